The van der Waals surface area contributed by atoms with Crippen molar-refractivity contribution in [2.75, 3.05) is 26.2 Å². The third-order valence-electron chi connectivity index (χ3n) is 4.78. The average molecular weight is 443 g/mol. The molecule has 28 heavy (non-hydrogen) atoms. The first kappa shape index (κ1) is 21.3. The molecule has 0 radical (unpaired) electrons. The Morgan fingerprint density at radius 3 is 1.86 bits per heavy atom. The van der Waals surface area contributed by atoms with Crippen LogP contribution >= 0.6 is 11.6 Å². The zero-order valence-corrected chi connectivity index (χ0v) is 18.2. The van der Waals surface area contributed by atoms with E-state index in [1.807, 2.05) is 13.8 Å². The van der Waals surface area contributed by atoms with Gasteiger partial charge in [-0.25, -0.2) is 16.8 Å². The smallest absolute Gasteiger partial charge is 0.207 e. The van der Waals surface area contributed by atoms with E-state index in [1.165, 1.54) is 14.7 Å². The van der Waals surface area contributed by atoms with E-state index in [1.54, 1.807) is 36.4 Å². The number of sulfonamides is 2. The van der Waals surface area contributed by atoms with Crippen LogP contribution < -0.4 is 0 Å². The van der Waals surface area contributed by atoms with Crippen LogP contribution in [0, 0.1) is 13.8 Å². The Labute approximate surface area is 171 Å². The van der Waals surface area contributed by atoms with Crippen molar-refractivity contribution in [1.29, 1.82) is 0 Å². The van der Waals surface area contributed by atoms with E-state index in [9.17, 15) is 16.8 Å². The molecule has 0 bridgehead atoms. The van der Waals surface area contributed by atoms with E-state index in [-0.39, 0.29) is 41.0 Å². The van der Waals surface area contributed by atoms with E-state index in [2.05, 4.69) is 0 Å². The van der Waals surface area contributed by atoms with Gasteiger partial charge < -0.3 is 0 Å². The highest BCUT2D eigenvalue weighted by atomic mass is 35.5. The molecule has 0 atom stereocenters. The van der Waals surface area contributed by atoms with Crippen molar-refractivity contribution in [3.8, 4) is 0 Å². The number of halogens is 1. The SMILES string of the molecule is Cc1ccc(S(=O)(=O)N2CCCN(S(=O)(=O)c3ccc(C)cc3Cl)CC2)cc1. The zero-order chi connectivity index (χ0) is 20.5. The van der Waals surface area contributed by atoms with Gasteiger partial charge in [0.25, 0.3) is 0 Å². The van der Waals surface area contributed by atoms with Gasteiger partial charge in [-0.2, -0.15) is 8.61 Å². The molecule has 0 unspecified atom stereocenters. The Balaban J connectivity index is 1.82. The van der Waals surface area contributed by atoms with Gasteiger partial charge >= 0.3 is 0 Å². The van der Waals surface area contributed by atoms with E-state index in [4.69, 9.17) is 11.6 Å². The van der Waals surface area contributed by atoms with Gasteiger partial charge in [0.05, 0.1) is 9.92 Å². The van der Waals surface area contributed by atoms with Crippen LogP contribution in [0.4, 0.5) is 0 Å². The highest BCUT2D eigenvalue weighted by Crippen LogP contribution is 2.27. The van der Waals surface area contributed by atoms with Gasteiger partial charge in [-0.3, -0.25) is 0 Å². The van der Waals surface area contributed by atoms with Crippen molar-refractivity contribution in [2.45, 2.75) is 30.1 Å². The van der Waals surface area contributed by atoms with Gasteiger partial charge in [-0.1, -0.05) is 35.4 Å². The maximum atomic E-state index is 13.0. The number of rotatable bonds is 4. The Morgan fingerprint density at radius 2 is 1.29 bits per heavy atom. The Hall–Kier alpha value is -1.45. The highest BCUT2D eigenvalue weighted by Gasteiger charge is 2.32. The fourth-order valence-corrected chi connectivity index (χ4v) is 6.68. The number of nitrogens with zero attached hydrogens (tertiary/aromatic N) is 2. The largest absolute Gasteiger partial charge is 0.244 e. The number of benzene rings is 2. The molecule has 1 saturated heterocycles. The van der Waals surface area contributed by atoms with Crippen molar-refractivity contribution in [3.63, 3.8) is 0 Å². The summed E-state index contributed by atoms with van der Waals surface area (Å²) in [4.78, 5) is 0.269. The van der Waals surface area contributed by atoms with Crippen molar-refractivity contribution >= 4 is 31.6 Å². The quantitative estimate of drug-likeness (QED) is 0.729. The zero-order valence-electron chi connectivity index (χ0n) is 15.8. The molecule has 1 aliphatic rings. The molecule has 0 aliphatic carbocycles. The van der Waals surface area contributed by atoms with Crippen molar-refractivity contribution < 1.29 is 16.8 Å². The molecular weight excluding hydrogens is 420 g/mol. The second-order valence-electron chi connectivity index (χ2n) is 6.91. The van der Waals surface area contributed by atoms with E-state index < -0.39 is 20.0 Å². The van der Waals surface area contributed by atoms with Crippen LogP contribution in [0.1, 0.15) is 17.5 Å². The molecule has 2 aromatic carbocycles. The van der Waals surface area contributed by atoms with Gasteiger partial charge in [0.15, 0.2) is 0 Å². The lowest BCUT2D eigenvalue weighted by Gasteiger charge is -2.22. The normalized spacial score (nSPS) is 17.4. The summed E-state index contributed by atoms with van der Waals surface area (Å²) < 4.78 is 54.5. The third kappa shape index (κ3) is 4.26. The standard InChI is InChI=1S/C19H23ClN2O4S2/c1-15-4-7-17(8-5-15)27(23,24)21-10-3-11-22(13-12-21)28(25,26)19-9-6-16(2)14-18(19)20/h4-9,14H,3,10-13H2,1-2H3. The van der Waals surface area contributed by atoms with Crippen LogP contribution in [0.5, 0.6) is 0 Å². The lowest BCUT2D eigenvalue weighted by atomic mass is 10.2. The maximum Gasteiger partial charge on any atom is 0.244 e. The average Bonchev–Trinajstić information content (AvgIpc) is 2.89. The summed E-state index contributed by atoms with van der Waals surface area (Å²) in [6.07, 6.45) is 0.411. The number of aryl methyl sites for hydroxylation is 2. The van der Waals surface area contributed by atoms with Crippen LogP contribution in [0.15, 0.2) is 52.3 Å². The molecule has 2 aromatic rings. The first-order chi connectivity index (χ1) is 13.1. The van der Waals surface area contributed by atoms with Gasteiger partial charge in [-0.05, 0) is 50.1 Å². The van der Waals surface area contributed by atoms with Crippen LogP contribution in [0.25, 0.3) is 0 Å². The Kier molecular flexibility index (Phi) is 6.17. The lowest BCUT2D eigenvalue weighted by Crippen LogP contribution is -2.37. The minimum absolute atomic E-state index is 0.0506. The van der Waals surface area contributed by atoms with Gasteiger partial charge in [0.2, 0.25) is 20.0 Å². The lowest BCUT2D eigenvalue weighted by molar-refractivity contribution is 0.404. The van der Waals surface area contributed by atoms with Gasteiger partial charge in [0, 0.05) is 26.2 Å². The summed E-state index contributed by atoms with van der Waals surface area (Å²) >= 11 is 6.16. The van der Waals surface area contributed by atoms with Gasteiger partial charge in [0.1, 0.15) is 4.90 Å². The first-order valence-corrected chi connectivity index (χ1v) is 12.2. The molecule has 9 heteroatoms. The molecule has 1 fully saturated rings. The summed E-state index contributed by atoms with van der Waals surface area (Å²) in [5.41, 5.74) is 1.84. The topological polar surface area (TPSA) is 74.8 Å². The monoisotopic (exact) mass is 442 g/mol. The minimum atomic E-state index is -3.79. The van der Waals surface area contributed by atoms with Crippen LogP contribution in [0.2, 0.25) is 5.02 Å². The van der Waals surface area contributed by atoms with Crippen molar-refractivity contribution in [1.82, 2.24) is 8.61 Å². The van der Waals surface area contributed by atoms with E-state index >= 15 is 0 Å². The summed E-state index contributed by atoms with van der Waals surface area (Å²) in [6, 6.07) is 11.5. The molecular formula is C19H23ClN2O4S2. The molecule has 3 rings (SSSR count). The second-order valence-corrected chi connectivity index (χ2v) is 11.2. The second kappa shape index (κ2) is 8.12. The molecule has 0 saturated carbocycles. The van der Waals surface area contributed by atoms with Gasteiger partial charge in [-0.15, -0.1) is 0 Å². The summed E-state index contributed by atoms with van der Waals surface area (Å²) in [5.74, 6) is 0. The van der Waals surface area contributed by atoms with Crippen LogP contribution in [-0.4, -0.2) is 51.6 Å². The molecule has 0 spiro atoms. The summed E-state index contributed by atoms with van der Waals surface area (Å²) in [6.45, 7) is 4.41. The number of hydrogen-bond acceptors (Lipinski definition) is 4. The molecule has 152 valence electrons. The summed E-state index contributed by atoms with van der Waals surface area (Å²) in [5, 5.41) is 0.174. The summed E-state index contributed by atoms with van der Waals surface area (Å²) in [7, 11) is -7.46. The van der Waals surface area contributed by atoms with Crippen molar-refractivity contribution in [2.24, 2.45) is 0 Å². The maximum absolute atomic E-state index is 13.0. The van der Waals surface area contributed by atoms with E-state index in [0.717, 1.165) is 11.1 Å². The third-order valence-corrected chi connectivity index (χ3v) is 9.07. The van der Waals surface area contributed by atoms with Crippen LogP contribution in [0.3, 0.4) is 0 Å². The first-order valence-electron chi connectivity index (χ1n) is 8.95. The fraction of sp³-hybridized carbons (Fsp3) is 0.368. The van der Waals surface area contributed by atoms with E-state index in [0.29, 0.717) is 6.42 Å². The van der Waals surface area contributed by atoms with Crippen LogP contribution in [-0.2, 0) is 20.0 Å². The molecule has 6 nitrogen and oxygen atoms in total. The predicted octanol–water partition coefficient (Wildman–Crippen LogP) is 3.04. The Morgan fingerprint density at radius 1 is 0.750 bits per heavy atom. The Bertz CT molecular complexity index is 1070. The molecule has 0 amide bonds. The fourth-order valence-electron chi connectivity index (χ4n) is 3.16. The minimum Gasteiger partial charge on any atom is -0.207 e. The number of hydrogen-bond donors (Lipinski definition) is 0. The molecule has 1 aliphatic heterocycles. The molecule has 0 aromatic heterocycles. The highest BCUT2D eigenvalue weighted by molar-refractivity contribution is 7.89. The molecule has 1 heterocycles. The molecule has 0 N–H and O–H groups in total. The van der Waals surface area contributed by atoms with Crippen molar-refractivity contribution in [3.05, 3.63) is 58.6 Å². The predicted molar refractivity (Wildman–Crippen MR) is 110 cm³/mol.